The minimum atomic E-state index is -1.01. The number of carboxylic acid groups (broad SMARTS) is 1. The molecule has 2 N–H and O–H groups in total. The van der Waals surface area contributed by atoms with E-state index < -0.39 is 17.9 Å². The predicted molar refractivity (Wildman–Crippen MR) is 82.2 cm³/mol. The van der Waals surface area contributed by atoms with Crippen LogP contribution in [0.1, 0.15) is 25.8 Å². The molecule has 0 aromatic heterocycles. The maximum atomic E-state index is 11.7. The summed E-state index contributed by atoms with van der Waals surface area (Å²) in [5, 5.41) is 11.6. The molecule has 0 aliphatic carbocycles. The zero-order valence-electron chi connectivity index (χ0n) is 11.5. The zero-order chi connectivity index (χ0) is 15.1. The van der Waals surface area contributed by atoms with Gasteiger partial charge < -0.3 is 10.4 Å². The van der Waals surface area contributed by atoms with Gasteiger partial charge in [0.2, 0.25) is 5.91 Å². The molecule has 0 aliphatic heterocycles. The number of hydrogen-bond acceptors (Lipinski definition) is 2. The Hall–Kier alpha value is -1.62. The van der Waals surface area contributed by atoms with Gasteiger partial charge in [-0.1, -0.05) is 48.3 Å². The van der Waals surface area contributed by atoms with E-state index in [1.165, 1.54) is 6.08 Å². The molecule has 0 radical (unpaired) electrons. The number of carbonyl (C=O) groups is 2. The molecule has 0 spiro atoms. The van der Waals surface area contributed by atoms with Crippen molar-refractivity contribution in [2.75, 3.05) is 0 Å². The van der Waals surface area contributed by atoms with Crippen LogP contribution in [0.3, 0.4) is 0 Å². The van der Waals surface area contributed by atoms with Crippen molar-refractivity contribution in [1.29, 1.82) is 0 Å². The van der Waals surface area contributed by atoms with Gasteiger partial charge in [-0.05, 0) is 29.7 Å². The van der Waals surface area contributed by atoms with Crippen molar-refractivity contribution in [2.24, 2.45) is 5.92 Å². The van der Waals surface area contributed by atoms with Gasteiger partial charge in [-0.2, -0.15) is 0 Å². The van der Waals surface area contributed by atoms with Crippen molar-refractivity contribution in [2.45, 2.75) is 26.3 Å². The fourth-order valence-corrected chi connectivity index (χ4v) is 1.89. The molecule has 5 heteroatoms. The van der Waals surface area contributed by atoms with E-state index in [1.54, 1.807) is 13.0 Å². The van der Waals surface area contributed by atoms with Crippen LogP contribution >= 0.6 is 15.9 Å². The molecule has 0 heterocycles. The quantitative estimate of drug-likeness (QED) is 0.782. The number of rotatable bonds is 6. The molecule has 20 heavy (non-hydrogen) atoms. The smallest absolute Gasteiger partial charge is 0.326 e. The Balaban J connectivity index is 2.66. The average Bonchev–Trinajstić information content (AvgIpc) is 2.43. The maximum Gasteiger partial charge on any atom is 0.326 e. The molecule has 1 unspecified atom stereocenters. The van der Waals surface area contributed by atoms with Crippen LogP contribution in [-0.4, -0.2) is 23.0 Å². The van der Waals surface area contributed by atoms with Crippen molar-refractivity contribution in [3.05, 3.63) is 40.4 Å². The molecule has 0 bridgehead atoms. The molecule has 4 nitrogen and oxygen atoms in total. The summed E-state index contributed by atoms with van der Waals surface area (Å²) >= 11 is 3.33. The summed E-state index contributed by atoms with van der Waals surface area (Å²) in [7, 11) is 0. The van der Waals surface area contributed by atoms with Gasteiger partial charge in [0, 0.05) is 10.5 Å². The minimum Gasteiger partial charge on any atom is -0.480 e. The summed E-state index contributed by atoms with van der Waals surface area (Å²) in [6, 6.07) is 6.60. The van der Waals surface area contributed by atoms with Crippen molar-refractivity contribution in [3.63, 3.8) is 0 Å². The predicted octanol–water partition coefficient (Wildman–Crippen LogP) is 3.08. The highest BCUT2D eigenvalue weighted by atomic mass is 79.9. The number of hydrogen-bond donors (Lipinski definition) is 2. The molecule has 0 fully saturated rings. The van der Waals surface area contributed by atoms with Gasteiger partial charge in [-0.15, -0.1) is 0 Å². The highest BCUT2D eigenvalue weighted by molar-refractivity contribution is 9.10. The summed E-state index contributed by atoms with van der Waals surface area (Å²) < 4.78 is 0.960. The maximum absolute atomic E-state index is 11.7. The third kappa shape index (κ3) is 5.17. The van der Waals surface area contributed by atoms with Gasteiger partial charge in [0.15, 0.2) is 0 Å². The van der Waals surface area contributed by atoms with E-state index in [0.717, 1.165) is 10.0 Å². The van der Waals surface area contributed by atoms with Crippen LogP contribution in [0, 0.1) is 5.92 Å². The Bertz CT molecular complexity index is 496. The second-order valence-corrected chi connectivity index (χ2v) is 5.51. The van der Waals surface area contributed by atoms with E-state index in [0.29, 0.717) is 6.42 Å². The highest BCUT2D eigenvalue weighted by Crippen LogP contribution is 2.12. The first-order valence-electron chi connectivity index (χ1n) is 6.41. The fraction of sp³-hybridized carbons (Fsp3) is 0.333. The lowest BCUT2D eigenvalue weighted by Gasteiger charge is -2.19. The first-order chi connectivity index (χ1) is 9.43. The largest absolute Gasteiger partial charge is 0.480 e. The van der Waals surface area contributed by atoms with Crippen LogP contribution in [0.15, 0.2) is 34.8 Å². The lowest BCUT2D eigenvalue weighted by atomic mass is 9.99. The van der Waals surface area contributed by atoms with Gasteiger partial charge in [0.1, 0.15) is 6.04 Å². The number of carboxylic acids is 1. The molecular formula is C15H18BrNO3. The Labute approximate surface area is 127 Å². The molecule has 0 saturated heterocycles. The van der Waals surface area contributed by atoms with Crippen LogP contribution in [-0.2, 0) is 9.59 Å². The number of carbonyl (C=O) groups excluding carboxylic acids is 1. The Morgan fingerprint density at radius 3 is 2.45 bits per heavy atom. The average molecular weight is 340 g/mol. The molecular weight excluding hydrogens is 322 g/mol. The van der Waals surface area contributed by atoms with Gasteiger partial charge in [-0.3, -0.25) is 4.79 Å². The molecule has 108 valence electrons. The SMILES string of the molecule is CCC(C)[C@H](NC(=O)C=Cc1ccc(Br)cc1)C(=O)O. The van der Waals surface area contributed by atoms with Crippen molar-refractivity contribution in [3.8, 4) is 0 Å². The molecule has 1 rings (SSSR count). The Morgan fingerprint density at radius 2 is 1.95 bits per heavy atom. The first-order valence-corrected chi connectivity index (χ1v) is 7.20. The van der Waals surface area contributed by atoms with Crippen LogP contribution in [0.25, 0.3) is 6.08 Å². The zero-order valence-corrected chi connectivity index (χ0v) is 13.1. The number of aliphatic carboxylic acids is 1. The van der Waals surface area contributed by atoms with Gasteiger partial charge in [0.05, 0.1) is 0 Å². The summed E-state index contributed by atoms with van der Waals surface area (Å²) in [5.41, 5.74) is 0.874. The van der Waals surface area contributed by atoms with E-state index in [9.17, 15) is 9.59 Å². The number of halogens is 1. The first kappa shape index (κ1) is 16.4. The molecule has 1 aromatic carbocycles. The highest BCUT2D eigenvalue weighted by Gasteiger charge is 2.24. The van der Waals surface area contributed by atoms with Gasteiger partial charge in [0.25, 0.3) is 0 Å². The standard InChI is InChI=1S/C15H18BrNO3/c1-3-10(2)14(15(19)20)17-13(18)9-6-11-4-7-12(16)8-5-11/h4-10,14H,3H2,1-2H3,(H,17,18)(H,19,20)/t10?,14-/m0/s1. The Morgan fingerprint density at radius 1 is 1.35 bits per heavy atom. The summed E-state index contributed by atoms with van der Waals surface area (Å²) in [4.78, 5) is 22.9. The van der Waals surface area contributed by atoms with E-state index in [2.05, 4.69) is 21.2 Å². The van der Waals surface area contributed by atoms with E-state index in [1.807, 2.05) is 31.2 Å². The molecule has 0 saturated carbocycles. The van der Waals surface area contributed by atoms with Crippen molar-refractivity contribution >= 4 is 33.9 Å². The summed E-state index contributed by atoms with van der Waals surface area (Å²) in [5.74, 6) is -1.53. The number of amides is 1. The fourth-order valence-electron chi connectivity index (χ4n) is 1.63. The van der Waals surface area contributed by atoms with Crippen LogP contribution in [0.4, 0.5) is 0 Å². The van der Waals surface area contributed by atoms with Gasteiger partial charge in [-0.25, -0.2) is 4.79 Å². The van der Waals surface area contributed by atoms with E-state index in [4.69, 9.17) is 5.11 Å². The third-order valence-electron chi connectivity index (χ3n) is 3.07. The lowest BCUT2D eigenvalue weighted by molar-refractivity contribution is -0.142. The van der Waals surface area contributed by atoms with Crippen LogP contribution in [0.2, 0.25) is 0 Å². The second-order valence-electron chi connectivity index (χ2n) is 4.59. The number of benzene rings is 1. The minimum absolute atomic E-state index is 0.113. The monoisotopic (exact) mass is 339 g/mol. The third-order valence-corrected chi connectivity index (χ3v) is 3.60. The normalized spacial score (nSPS) is 13.9. The van der Waals surface area contributed by atoms with E-state index >= 15 is 0 Å². The van der Waals surface area contributed by atoms with Crippen molar-refractivity contribution in [1.82, 2.24) is 5.32 Å². The molecule has 0 aliphatic rings. The van der Waals surface area contributed by atoms with Crippen LogP contribution < -0.4 is 5.32 Å². The summed E-state index contributed by atoms with van der Waals surface area (Å²) in [6.45, 7) is 3.70. The molecule has 1 amide bonds. The molecule has 2 atom stereocenters. The van der Waals surface area contributed by atoms with Crippen molar-refractivity contribution < 1.29 is 14.7 Å². The second kappa shape index (κ2) is 7.85. The van der Waals surface area contributed by atoms with E-state index in [-0.39, 0.29) is 5.92 Å². The Kier molecular flexibility index (Phi) is 6.45. The summed E-state index contributed by atoms with van der Waals surface area (Å²) in [6.07, 6.45) is 3.69. The van der Waals surface area contributed by atoms with Crippen LogP contribution in [0.5, 0.6) is 0 Å². The number of nitrogens with one attached hydrogen (secondary N) is 1. The topological polar surface area (TPSA) is 66.4 Å². The lowest BCUT2D eigenvalue weighted by Crippen LogP contribution is -2.44. The van der Waals surface area contributed by atoms with Gasteiger partial charge >= 0.3 is 5.97 Å². The molecule has 1 aromatic rings.